The van der Waals surface area contributed by atoms with Crippen molar-refractivity contribution in [3.8, 4) is 11.1 Å². The Kier molecular flexibility index (Phi) is 9.14. The number of halogens is 6. The van der Waals surface area contributed by atoms with Crippen LogP contribution in [0.3, 0.4) is 0 Å². The Labute approximate surface area is 240 Å². The first-order valence-corrected chi connectivity index (χ1v) is 13.5. The van der Waals surface area contributed by atoms with Crippen molar-refractivity contribution < 1.29 is 35.9 Å². The molecule has 5 rings (SSSR count). The summed E-state index contributed by atoms with van der Waals surface area (Å²) in [4.78, 5) is 40.7. The largest absolute Gasteiger partial charge is 0.417 e. The maximum atomic E-state index is 14.9. The lowest BCUT2D eigenvalue weighted by Gasteiger charge is -2.37. The number of allylic oxidation sites excluding steroid dienone is 1. The van der Waals surface area contributed by atoms with E-state index in [1.807, 2.05) is 6.79 Å². The number of alkyl halides is 4. The van der Waals surface area contributed by atoms with Gasteiger partial charge in [0.2, 0.25) is 0 Å². The van der Waals surface area contributed by atoms with Crippen LogP contribution < -0.4 is 10.6 Å². The molecule has 3 aromatic rings. The summed E-state index contributed by atoms with van der Waals surface area (Å²) in [6.07, 6.45) is -2.35. The summed E-state index contributed by atoms with van der Waals surface area (Å²) in [7, 11) is 0. The van der Waals surface area contributed by atoms with Crippen LogP contribution in [0.4, 0.5) is 32.2 Å². The molecule has 0 bridgehead atoms. The molecule has 1 amide bonds. The predicted molar refractivity (Wildman–Crippen MR) is 147 cm³/mol. The van der Waals surface area contributed by atoms with Gasteiger partial charge < -0.3 is 14.6 Å². The number of hydrogen-bond donors (Lipinski definition) is 0. The van der Waals surface area contributed by atoms with Gasteiger partial charge in [-0.1, -0.05) is 6.58 Å². The molecule has 1 fully saturated rings. The number of carbonyl (C=O) groups excluding carboxylic acids is 2. The number of thioether (sulfide) groups is 1. The van der Waals surface area contributed by atoms with Gasteiger partial charge in [-0.3, -0.25) is 9.36 Å². The molecule has 0 unspecified atom stereocenters. The van der Waals surface area contributed by atoms with Gasteiger partial charge in [0.1, 0.15) is 30.9 Å². The van der Waals surface area contributed by atoms with E-state index in [0.717, 1.165) is 42.1 Å². The zero-order chi connectivity index (χ0) is 30.8. The SMILES string of the molecule is C=C1CN(c2nc(=O)n3c4c(c(-c5ccc(F)cc5F)c(C(F)(F)F)cc24)SCCC3)CCN1C(=O)/C=C/CF.C=O. The van der Waals surface area contributed by atoms with E-state index in [4.69, 9.17) is 4.79 Å². The van der Waals surface area contributed by atoms with Crippen LogP contribution in [0.1, 0.15) is 12.0 Å². The lowest BCUT2D eigenvalue weighted by Crippen LogP contribution is -2.47. The van der Waals surface area contributed by atoms with Gasteiger partial charge in [-0.15, -0.1) is 11.8 Å². The number of carbonyl (C=O) groups is 2. The Morgan fingerprint density at radius 2 is 1.86 bits per heavy atom. The van der Waals surface area contributed by atoms with Gasteiger partial charge in [-0.2, -0.15) is 18.2 Å². The molecule has 3 heterocycles. The van der Waals surface area contributed by atoms with Gasteiger partial charge in [0.25, 0.3) is 5.91 Å². The molecular weight excluding hydrogens is 586 g/mol. The van der Waals surface area contributed by atoms with Gasteiger partial charge in [0.05, 0.1) is 17.6 Å². The van der Waals surface area contributed by atoms with Crippen molar-refractivity contribution in [1.82, 2.24) is 14.5 Å². The number of hydrogen-bond acceptors (Lipinski definition) is 6. The molecule has 0 spiro atoms. The minimum absolute atomic E-state index is 0.0239. The zero-order valence-corrected chi connectivity index (χ0v) is 22.8. The molecule has 0 aliphatic carbocycles. The molecular formula is C28H24F6N4O3S. The third-order valence-electron chi connectivity index (χ3n) is 6.74. The Bertz CT molecular complexity index is 1640. The second kappa shape index (κ2) is 12.4. The fraction of sp³-hybridized carbons (Fsp3) is 0.286. The fourth-order valence-corrected chi connectivity index (χ4v) is 6.21. The highest BCUT2D eigenvalue weighted by Crippen LogP contribution is 2.48. The molecule has 1 aromatic heterocycles. The summed E-state index contributed by atoms with van der Waals surface area (Å²) in [6, 6.07) is 3.22. The van der Waals surface area contributed by atoms with E-state index < -0.39 is 52.8 Å². The molecule has 42 heavy (non-hydrogen) atoms. The number of rotatable bonds is 4. The van der Waals surface area contributed by atoms with Crippen LogP contribution in [-0.2, 0) is 22.3 Å². The van der Waals surface area contributed by atoms with Crippen molar-refractivity contribution in [2.45, 2.75) is 24.0 Å². The number of anilines is 1. The van der Waals surface area contributed by atoms with E-state index in [1.54, 1.807) is 4.90 Å². The summed E-state index contributed by atoms with van der Waals surface area (Å²) in [5.41, 5.74) is -2.26. The standard InChI is InChI=1S/C27H22F6N4O2S.CH2O/c1-15-14-35(9-10-36(15)21(38)4-2-7-28)25-18-13-19(27(31,32)33)22(17-6-5-16(29)12-20(17)30)24-23(18)37(26(39)34-25)8-3-11-40-24;1-2/h2,4-6,12-13H,1,3,7-11,14H2;1H2/b4-2+;. The maximum Gasteiger partial charge on any atom is 0.417 e. The Hall–Kier alpha value is -4.07. The Balaban J connectivity index is 0.00000198. The molecule has 0 saturated carbocycles. The van der Waals surface area contributed by atoms with Gasteiger partial charge in [0.15, 0.2) is 0 Å². The highest BCUT2D eigenvalue weighted by molar-refractivity contribution is 7.99. The summed E-state index contributed by atoms with van der Waals surface area (Å²) in [6.45, 7) is 5.40. The average Bonchev–Trinajstić information content (AvgIpc) is 3.18. The van der Waals surface area contributed by atoms with E-state index in [0.29, 0.717) is 23.9 Å². The van der Waals surface area contributed by atoms with Crippen LogP contribution in [0.15, 0.2) is 58.4 Å². The van der Waals surface area contributed by atoms with Crippen molar-refractivity contribution in [2.75, 3.05) is 37.0 Å². The first-order valence-electron chi connectivity index (χ1n) is 12.5. The highest BCUT2D eigenvalue weighted by Gasteiger charge is 2.39. The third kappa shape index (κ3) is 5.80. The quantitative estimate of drug-likeness (QED) is 0.293. The summed E-state index contributed by atoms with van der Waals surface area (Å²) < 4.78 is 86.1. The summed E-state index contributed by atoms with van der Waals surface area (Å²) in [5, 5.41) is 0.0347. The van der Waals surface area contributed by atoms with Crippen LogP contribution >= 0.6 is 11.8 Å². The average molecular weight is 611 g/mol. The molecule has 2 aliphatic rings. The monoisotopic (exact) mass is 610 g/mol. The number of piperazine rings is 1. The molecule has 1 saturated heterocycles. The van der Waals surface area contributed by atoms with E-state index in [1.165, 1.54) is 9.47 Å². The van der Waals surface area contributed by atoms with Crippen LogP contribution in [0.25, 0.3) is 22.0 Å². The van der Waals surface area contributed by atoms with Crippen molar-refractivity contribution in [3.05, 3.63) is 76.4 Å². The van der Waals surface area contributed by atoms with E-state index >= 15 is 0 Å². The Morgan fingerprint density at radius 3 is 2.50 bits per heavy atom. The minimum Gasteiger partial charge on any atom is -0.348 e. The molecule has 0 radical (unpaired) electrons. The van der Waals surface area contributed by atoms with E-state index in [9.17, 15) is 35.9 Å². The fourth-order valence-electron chi connectivity index (χ4n) is 5.01. The normalized spacial score (nSPS) is 15.5. The van der Waals surface area contributed by atoms with Crippen molar-refractivity contribution in [3.63, 3.8) is 0 Å². The van der Waals surface area contributed by atoms with Gasteiger partial charge in [-0.05, 0) is 36.4 Å². The number of nitrogens with zero attached hydrogens (tertiary/aromatic N) is 4. The predicted octanol–water partition coefficient (Wildman–Crippen LogP) is 5.36. The van der Waals surface area contributed by atoms with Crippen LogP contribution in [-0.4, -0.2) is 59.2 Å². The molecule has 14 heteroatoms. The van der Waals surface area contributed by atoms with Gasteiger partial charge in [0, 0.05) is 58.9 Å². The molecule has 0 atom stereocenters. The second-order valence-electron chi connectivity index (χ2n) is 9.25. The molecule has 2 aromatic carbocycles. The first kappa shape index (κ1) is 30.9. The first-order chi connectivity index (χ1) is 20.0. The molecule has 0 N–H and O–H groups in total. The van der Waals surface area contributed by atoms with Crippen LogP contribution in [0.2, 0.25) is 0 Å². The summed E-state index contributed by atoms with van der Waals surface area (Å²) in [5.74, 6) is -2.26. The van der Waals surface area contributed by atoms with Gasteiger partial charge in [-0.25, -0.2) is 18.0 Å². The van der Waals surface area contributed by atoms with Crippen molar-refractivity contribution in [1.29, 1.82) is 0 Å². The lowest BCUT2D eigenvalue weighted by molar-refractivity contribution is -0.137. The molecule has 222 valence electrons. The van der Waals surface area contributed by atoms with E-state index in [-0.39, 0.29) is 47.8 Å². The summed E-state index contributed by atoms with van der Waals surface area (Å²) >= 11 is 1.07. The van der Waals surface area contributed by atoms with E-state index in [2.05, 4.69) is 11.6 Å². The van der Waals surface area contributed by atoms with Crippen LogP contribution in [0.5, 0.6) is 0 Å². The third-order valence-corrected chi connectivity index (χ3v) is 7.92. The number of aromatic nitrogens is 2. The van der Waals surface area contributed by atoms with Crippen molar-refractivity contribution in [2.24, 2.45) is 0 Å². The second-order valence-corrected chi connectivity index (χ2v) is 10.4. The molecule has 7 nitrogen and oxygen atoms in total. The van der Waals surface area contributed by atoms with Gasteiger partial charge >= 0.3 is 11.9 Å². The maximum absolute atomic E-state index is 14.9. The number of aryl methyl sites for hydroxylation is 1. The molecule has 2 aliphatic heterocycles. The zero-order valence-electron chi connectivity index (χ0n) is 22.0. The highest BCUT2D eigenvalue weighted by atomic mass is 32.2. The van der Waals surface area contributed by atoms with Crippen LogP contribution in [0, 0.1) is 11.6 Å². The lowest BCUT2D eigenvalue weighted by atomic mass is 9.95. The number of benzene rings is 2. The topological polar surface area (TPSA) is 75.5 Å². The Morgan fingerprint density at radius 1 is 1.12 bits per heavy atom. The minimum atomic E-state index is -4.93. The smallest absolute Gasteiger partial charge is 0.348 e. The van der Waals surface area contributed by atoms with Crippen molar-refractivity contribution >= 4 is 41.2 Å². The number of amides is 1.